The average Bonchev–Trinajstić information content (AvgIpc) is 3.58. The topological polar surface area (TPSA) is 110 Å². The maximum Gasteiger partial charge on any atom is 0.307 e. The van der Waals surface area contributed by atoms with Crippen LogP contribution in [0.25, 0.3) is 0 Å². The van der Waals surface area contributed by atoms with Crippen LogP contribution < -0.4 is 0 Å². The Balaban J connectivity index is 1.34. The highest BCUT2D eigenvalue weighted by atomic mass is 16.7. The van der Waals surface area contributed by atoms with E-state index in [-0.39, 0.29) is 78.3 Å². The number of ether oxygens (including phenoxy) is 6. The molecular weight excluding hydrogens is 564 g/mol. The summed E-state index contributed by atoms with van der Waals surface area (Å²) < 4.78 is 35.9. The van der Waals surface area contributed by atoms with Gasteiger partial charge < -0.3 is 33.5 Å². The van der Waals surface area contributed by atoms with Gasteiger partial charge in [0.25, 0.3) is 0 Å². The van der Waals surface area contributed by atoms with Crippen LogP contribution in [0.4, 0.5) is 0 Å². The molecule has 2 heterocycles. The lowest BCUT2D eigenvalue weighted by atomic mass is 9.70. The van der Waals surface area contributed by atoms with Crippen molar-refractivity contribution in [3.05, 3.63) is 48.6 Å². The Morgan fingerprint density at radius 3 is 2.43 bits per heavy atom. The molecule has 0 aromatic carbocycles. The number of allylic oxidation sites excluding steroid dienone is 6. The third-order valence-corrected chi connectivity index (χ3v) is 10.6. The van der Waals surface area contributed by atoms with E-state index >= 15 is 0 Å². The zero-order valence-electron chi connectivity index (χ0n) is 26.7. The van der Waals surface area contributed by atoms with Crippen LogP contribution >= 0.6 is 0 Å². The number of esters is 1. The fourth-order valence-corrected chi connectivity index (χ4v) is 8.32. The first kappa shape index (κ1) is 33.2. The molecule has 14 atom stereocenters. The van der Waals surface area contributed by atoms with Crippen LogP contribution in [0.15, 0.2) is 48.6 Å². The average molecular weight is 615 g/mol. The monoisotopic (exact) mass is 614 g/mol. The van der Waals surface area contributed by atoms with Gasteiger partial charge >= 0.3 is 5.97 Å². The lowest BCUT2D eigenvalue weighted by molar-refractivity contribution is -0.314. The number of ketones is 1. The van der Waals surface area contributed by atoms with Gasteiger partial charge in [0.1, 0.15) is 24.4 Å². The highest BCUT2D eigenvalue weighted by Crippen LogP contribution is 2.54. The molecule has 9 nitrogen and oxygen atoms in total. The van der Waals surface area contributed by atoms with Crippen molar-refractivity contribution in [2.75, 3.05) is 21.3 Å². The first-order valence-electron chi connectivity index (χ1n) is 16.2. The van der Waals surface area contributed by atoms with Crippen molar-refractivity contribution in [3.63, 3.8) is 0 Å². The smallest absolute Gasteiger partial charge is 0.307 e. The van der Waals surface area contributed by atoms with Crippen molar-refractivity contribution in [2.45, 2.75) is 101 Å². The second-order valence-electron chi connectivity index (χ2n) is 13.1. The number of Topliss-reactive ketones (excluding diaryl/α,β-unsaturated/α-hetero) is 1. The SMILES string of the molecule is C=CC=CC1CCCC(O)C(C)C(=O)C2=CC3C(C=CC4CC(OC5OC(C)C(OC)C(OC)C5OC)CC43)C2CC(=O)O1. The minimum Gasteiger partial charge on any atom is -0.458 e. The van der Waals surface area contributed by atoms with Gasteiger partial charge in [-0.2, -0.15) is 0 Å². The molecule has 14 unspecified atom stereocenters. The third-order valence-electron chi connectivity index (χ3n) is 10.6. The Hall–Kier alpha value is -2.14. The molecular formula is C35H50O9. The highest BCUT2D eigenvalue weighted by molar-refractivity contribution is 5.99. The fourth-order valence-electron chi connectivity index (χ4n) is 8.32. The molecule has 0 spiro atoms. The van der Waals surface area contributed by atoms with Gasteiger partial charge in [-0.1, -0.05) is 43.9 Å². The summed E-state index contributed by atoms with van der Waals surface area (Å²) in [7, 11) is 4.92. The van der Waals surface area contributed by atoms with Crippen LogP contribution in [0.1, 0.15) is 52.4 Å². The second kappa shape index (κ2) is 14.5. The predicted octanol–water partition coefficient (Wildman–Crippen LogP) is 4.34. The molecule has 2 saturated heterocycles. The summed E-state index contributed by atoms with van der Waals surface area (Å²) in [4.78, 5) is 27.1. The van der Waals surface area contributed by atoms with Gasteiger partial charge in [0.2, 0.25) is 0 Å². The molecule has 0 bridgehead atoms. The largest absolute Gasteiger partial charge is 0.458 e. The van der Waals surface area contributed by atoms with E-state index in [0.717, 1.165) is 12.8 Å². The molecule has 3 fully saturated rings. The molecule has 244 valence electrons. The maximum absolute atomic E-state index is 13.8. The number of aliphatic hydroxyl groups is 1. The van der Waals surface area contributed by atoms with Crippen molar-refractivity contribution < 1.29 is 43.1 Å². The first-order chi connectivity index (χ1) is 21.2. The van der Waals surface area contributed by atoms with E-state index < -0.39 is 24.4 Å². The van der Waals surface area contributed by atoms with Crippen molar-refractivity contribution in [1.29, 1.82) is 0 Å². The summed E-state index contributed by atoms with van der Waals surface area (Å²) in [5.41, 5.74) is 0.661. The van der Waals surface area contributed by atoms with Crippen LogP contribution in [0.5, 0.6) is 0 Å². The van der Waals surface area contributed by atoms with E-state index in [9.17, 15) is 14.7 Å². The van der Waals surface area contributed by atoms with Gasteiger partial charge in [-0.3, -0.25) is 9.59 Å². The van der Waals surface area contributed by atoms with Crippen molar-refractivity contribution in [1.82, 2.24) is 0 Å². The van der Waals surface area contributed by atoms with Crippen LogP contribution in [0.3, 0.4) is 0 Å². The third kappa shape index (κ3) is 6.69. The number of methoxy groups -OCH3 is 3. The fraction of sp³-hybridized carbons (Fsp3) is 0.714. The Bertz CT molecular complexity index is 1130. The summed E-state index contributed by atoms with van der Waals surface area (Å²) in [6, 6.07) is 0. The standard InChI is InChI=1S/C35H50O9/c1-7-8-10-22-11-9-12-29(36)19(2)31(38)28-17-26-24(27(28)18-30(37)43-22)14-13-21-15-23(16-25(21)26)44-35-34(41-6)33(40-5)32(39-4)20(3)42-35/h7-8,10,13-14,17,19-27,29,32-36H,1,9,11-12,15-16,18H2,2-6H3. The zero-order valence-corrected chi connectivity index (χ0v) is 26.7. The van der Waals surface area contributed by atoms with E-state index in [1.165, 1.54) is 0 Å². The maximum atomic E-state index is 13.8. The normalized spacial score (nSPS) is 44.6. The van der Waals surface area contributed by atoms with Gasteiger partial charge in [-0.05, 0) is 74.3 Å². The Labute approximate surface area is 261 Å². The van der Waals surface area contributed by atoms with E-state index in [1.54, 1.807) is 33.5 Å². The van der Waals surface area contributed by atoms with Crippen LogP contribution in [0, 0.1) is 35.5 Å². The number of aliphatic hydroxyl groups excluding tert-OH is 1. The zero-order chi connectivity index (χ0) is 31.5. The number of fused-ring (bicyclic) bond motifs is 5. The van der Waals surface area contributed by atoms with Gasteiger partial charge in [-0.15, -0.1) is 0 Å². The number of cyclic esters (lactones) is 1. The molecule has 0 radical (unpaired) electrons. The minimum atomic E-state index is -0.751. The van der Waals surface area contributed by atoms with Crippen molar-refractivity contribution in [2.24, 2.45) is 35.5 Å². The number of carbonyl (C=O) groups excluding carboxylic acids is 2. The molecule has 0 amide bonds. The molecule has 0 aromatic rings. The number of rotatable bonds is 7. The van der Waals surface area contributed by atoms with Crippen LogP contribution in [0.2, 0.25) is 0 Å². The van der Waals surface area contributed by atoms with Gasteiger partial charge in [0.05, 0.1) is 24.7 Å². The molecule has 44 heavy (non-hydrogen) atoms. The molecule has 5 rings (SSSR count). The summed E-state index contributed by atoms with van der Waals surface area (Å²) >= 11 is 0. The molecule has 3 aliphatic carbocycles. The second-order valence-corrected chi connectivity index (χ2v) is 13.1. The molecule has 1 saturated carbocycles. The van der Waals surface area contributed by atoms with Gasteiger partial charge in [0.15, 0.2) is 12.1 Å². The van der Waals surface area contributed by atoms with E-state index in [0.29, 0.717) is 24.8 Å². The quantitative estimate of drug-likeness (QED) is 0.254. The van der Waals surface area contributed by atoms with Gasteiger partial charge in [0, 0.05) is 33.2 Å². The van der Waals surface area contributed by atoms with Crippen molar-refractivity contribution >= 4 is 11.8 Å². The Kier molecular flexibility index (Phi) is 11.0. The summed E-state index contributed by atoms with van der Waals surface area (Å²) in [5, 5.41) is 10.9. The number of hydrogen-bond donors (Lipinski definition) is 1. The highest BCUT2D eigenvalue weighted by Gasteiger charge is 2.52. The van der Waals surface area contributed by atoms with Crippen molar-refractivity contribution in [3.8, 4) is 0 Å². The molecule has 9 heteroatoms. The molecule has 2 aliphatic heterocycles. The molecule has 0 aromatic heterocycles. The van der Waals surface area contributed by atoms with Gasteiger partial charge in [-0.25, -0.2) is 0 Å². The first-order valence-corrected chi connectivity index (χ1v) is 16.2. The predicted molar refractivity (Wildman–Crippen MR) is 163 cm³/mol. The van der Waals surface area contributed by atoms with Crippen LogP contribution in [-0.4, -0.2) is 87.2 Å². The van der Waals surface area contributed by atoms with E-state index in [4.69, 9.17) is 28.4 Å². The Morgan fingerprint density at radius 1 is 0.977 bits per heavy atom. The summed E-state index contributed by atoms with van der Waals surface area (Å²) in [6.45, 7) is 7.48. The molecule has 1 N–H and O–H groups in total. The lowest BCUT2D eigenvalue weighted by Crippen LogP contribution is -2.59. The molecule has 5 aliphatic rings. The van der Waals surface area contributed by atoms with E-state index in [2.05, 4.69) is 24.8 Å². The number of carbonyl (C=O) groups is 2. The lowest BCUT2D eigenvalue weighted by Gasteiger charge is -2.44. The summed E-state index contributed by atoms with van der Waals surface area (Å²) in [5.74, 6) is -0.554. The summed E-state index contributed by atoms with van der Waals surface area (Å²) in [6.07, 6.45) is 12.2. The minimum absolute atomic E-state index is 0.00830. The van der Waals surface area contributed by atoms with E-state index in [1.807, 2.05) is 19.9 Å². The number of hydrogen-bond acceptors (Lipinski definition) is 9. The Morgan fingerprint density at radius 2 is 1.73 bits per heavy atom. The van der Waals surface area contributed by atoms with Crippen LogP contribution in [-0.2, 0) is 38.0 Å².